The van der Waals surface area contributed by atoms with Crippen molar-refractivity contribution >= 4 is 17.5 Å². The van der Waals surface area contributed by atoms with Crippen molar-refractivity contribution in [3.63, 3.8) is 0 Å². The number of hydrogen-bond acceptors (Lipinski definition) is 4. The molecule has 0 bridgehead atoms. The lowest BCUT2D eigenvalue weighted by Gasteiger charge is -2.08. The summed E-state index contributed by atoms with van der Waals surface area (Å²) in [6.45, 7) is 0.263. The van der Waals surface area contributed by atoms with E-state index < -0.39 is 0 Å². The third kappa shape index (κ3) is 3.70. The summed E-state index contributed by atoms with van der Waals surface area (Å²) >= 11 is 0. The van der Waals surface area contributed by atoms with Crippen molar-refractivity contribution in [3.05, 3.63) is 95.1 Å². The van der Waals surface area contributed by atoms with Crippen LogP contribution in [0.1, 0.15) is 27.0 Å². The Morgan fingerprint density at radius 3 is 2.63 bits per heavy atom. The van der Waals surface area contributed by atoms with Crippen LogP contribution in [0.15, 0.2) is 72.8 Å². The largest absolute Gasteiger partial charge is 0.454 e. The van der Waals surface area contributed by atoms with Crippen molar-refractivity contribution in [2.24, 2.45) is 0 Å². The van der Waals surface area contributed by atoms with E-state index >= 15 is 0 Å². The summed E-state index contributed by atoms with van der Waals surface area (Å²) in [4.78, 5) is 12.9. The molecule has 4 nitrogen and oxygen atoms in total. The number of carbonyl (C=O) groups excluding carboxylic acids is 1. The van der Waals surface area contributed by atoms with E-state index in [0.717, 1.165) is 22.6 Å². The number of ether oxygens (including phenoxy) is 2. The molecule has 0 saturated carbocycles. The van der Waals surface area contributed by atoms with Gasteiger partial charge in [0.15, 0.2) is 17.3 Å². The van der Waals surface area contributed by atoms with E-state index in [-0.39, 0.29) is 12.6 Å². The van der Waals surface area contributed by atoms with Gasteiger partial charge in [0.25, 0.3) is 0 Å². The van der Waals surface area contributed by atoms with Crippen LogP contribution in [-0.2, 0) is 6.42 Å². The van der Waals surface area contributed by atoms with Crippen LogP contribution in [0.25, 0.3) is 6.08 Å². The van der Waals surface area contributed by atoms with Crippen LogP contribution in [0.4, 0.5) is 5.69 Å². The highest BCUT2D eigenvalue weighted by Gasteiger charge is 2.14. The first-order valence-electron chi connectivity index (χ1n) is 8.75. The Hall–Kier alpha value is -3.53. The first-order valence-corrected chi connectivity index (χ1v) is 8.75. The molecule has 0 aliphatic carbocycles. The minimum atomic E-state index is -0.0191. The van der Waals surface area contributed by atoms with Crippen LogP contribution in [0, 0.1) is 0 Å². The van der Waals surface area contributed by atoms with Crippen LogP contribution in [0.5, 0.6) is 11.5 Å². The van der Waals surface area contributed by atoms with Crippen LogP contribution in [0.2, 0.25) is 0 Å². The van der Waals surface area contributed by atoms with Crippen LogP contribution in [0.3, 0.4) is 0 Å². The zero-order valence-electron chi connectivity index (χ0n) is 14.7. The second-order valence-electron chi connectivity index (χ2n) is 6.33. The molecular formula is C23H19NO3. The van der Waals surface area contributed by atoms with Crippen molar-refractivity contribution in [1.29, 1.82) is 0 Å². The molecule has 27 heavy (non-hydrogen) atoms. The van der Waals surface area contributed by atoms with Gasteiger partial charge in [-0.15, -0.1) is 0 Å². The van der Waals surface area contributed by atoms with Gasteiger partial charge in [-0.3, -0.25) is 4.79 Å². The predicted octanol–water partition coefficient (Wildman–Crippen LogP) is 4.48. The van der Waals surface area contributed by atoms with Crippen molar-refractivity contribution < 1.29 is 14.3 Å². The fourth-order valence-electron chi connectivity index (χ4n) is 3.07. The minimum absolute atomic E-state index is 0.0191. The second kappa shape index (κ2) is 7.38. The average Bonchev–Trinajstić information content (AvgIpc) is 3.17. The van der Waals surface area contributed by atoms with Gasteiger partial charge in [0.05, 0.1) is 0 Å². The van der Waals surface area contributed by atoms with Crippen molar-refractivity contribution in [1.82, 2.24) is 0 Å². The lowest BCUT2D eigenvalue weighted by Crippen LogP contribution is -2.06. The van der Waals surface area contributed by atoms with Gasteiger partial charge >= 0.3 is 0 Å². The molecule has 1 aliphatic heterocycles. The van der Waals surface area contributed by atoms with E-state index in [0.29, 0.717) is 23.2 Å². The van der Waals surface area contributed by atoms with Crippen LogP contribution in [-0.4, -0.2) is 12.6 Å². The highest BCUT2D eigenvalue weighted by molar-refractivity contribution is 6.10. The molecule has 0 fully saturated rings. The van der Waals surface area contributed by atoms with Gasteiger partial charge in [0, 0.05) is 16.8 Å². The molecule has 3 aromatic rings. The number of nitrogens with two attached hydrogens (primary N) is 1. The van der Waals surface area contributed by atoms with Gasteiger partial charge in [-0.1, -0.05) is 54.6 Å². The Morgan fingerprint density at radius 2 is 1.78 bits per heavy atom. The van der Waals surface area contributed by atoms with E-state index in [4.69, 9.17) is 15.2 Å². The molecule has 2 N–H and O–H groups in total. The Labute approximate surface area is 157 Å². The molecule has 0 radical (unpaired) electrons. The smallest absolute Gasteiger partial charge is 0.231 e. The average molecular weight is 357 g/mol. The molecule has 0 aromatic heterocycles. The number of carbonyl (C=O) groups is 1. The molecule has 3 aromatic carbocycles. The number of allylic oxidation sites excluding steroid dienone is 1. The number of rotatable bonds is 5. The van der Waals surface area contributed by atoms with E-state index in [1.54, 1.807) is 6.07 Å². The van der Waals surface area contributed by atoms with E-state index in [1.807, 2.05) is 72.8 Å². The highest BCUT2D eigenvalue weighted by Crippen LogP contribution is 2.32. The zero-order valence-corrected chi connectivity index (χ0v) is 14.7. The predicted molar refractivity (Wildman–Crippen MR) is 106 cm³/mol. The van der Waals surface area contributed by atoms with Crippen molar-refractivity contribution in [3.8, 4) is 11.5 Å². The molecule has 134 valence electrons. The summed E-state index contributed by atoms with van der Waals surface area (Å²) in [5.41, 5.74) is 9.75. The molecule has 0 saturated heterocycles. The number of ketones is 1. The van der Waals surface area contributed by atoms with Gasteiger partial charge in [-0.25, -0.2) is 0 Å². The van der Waals surface area contributed by atoms with Crippen molar-refractivity contribution in [2.45, 2.75) is 6.42 Å². The lowest BCUT2D eigenvalue weighted by atomic mass is 9.95. The van der Waals surface area contributed by atoms with Crippen molar-refractivity contribution in [2.75, 3.05) is 12.5 Å². The lowest BCUT2D eigenvalue weighted by molar-refractivity contribution is 0.103. The van der Waals surface area contributed by atoms with Gasteiger partial charge in [0.2, 0.25) is 6.79 Å². The first-order chi connectivity index (χ1) is 13.2. The molecule has 0 atom stereocenters. The fraction of sp³-hybridized carbons (Fsp3) is 0.0870. The van der Waals surface area contributed by atoms with E-state index in [1.165, 1.54) is 0 Å². The summed E-state index contributed by atoms with van der Waals surface area (Å²) in [5, 5.41) is 0. The minimum Gasteiger partial charge on any atom is -0.454 e. The van der Waals surface area contributed by atoms with Gasteiger partial charge in [-0.2, -0.15) is 0 Å². The number of benzene rings is 3. The number of fused-ring (bicyclic) bond motifs is 1. The summed E-state index contributed by atoms with van der Waals surface area (Å²) in [5.74, 6) is 1.50. The summed E-state index contributed by atoms with van der Waals surface area (Å²) in [6, 6.07) is 20.6. The molecule has 1 aliphatic rings. The van der Waals surface area contributed by atoms with Crippen LogP contribution >= 0.6 is 0 Å². The van der Waals surface area contributed by atoms with Crippen LogP contribution < -0.4 is 15.2 Å². The monoisotopic (exact) mass is 357 g/mol. The normalized spacial score (nSPS) is 12.4. The summed E-state index contributed by atoms with van der Waals surface area (Å²) in [6.07, 6.45) is 4.67. The molecule has 0 unspecified atom stereocenters. The number of hydrogen-bond donors (Lipinski definition) is 1. The Balaban J connectivity index is 1.56. The van der Waals surface area contributed by atoms with E-state index in [2.05, 4.69) is 0 Å². The molecular weight excluding hydrogens is 338 g/mol. The highest BCUT2D eigenvalue weighted by atomic mass is 16.7. The Bertz CT molecular complexity index is 1010. The quantitative estimate of drug-likeness (QED) is 0.540. The zero-order chi connectivity index (χ0) is 18.6. The number of anilines is 1. The maximum absolute atomic E-state index is 12.9. The van der Waals surface area contributed by atoms with Gasteiger partial charge in [0.1, 0.15) is 0 Å². The van der Waals surface area contributed by atoms with Gasteiger partial charge < -0.3 is 15.2 Å². The third-order valence-electron chi connectivity index (χ3n) is 4.46. The standard InChI is InChI=1S/C23H19NO3/c24-19-11-10-17(20(14-19)23(25)18-6-2-1-3-7-18)8-4-5-16-9-12-21-22(13-16)27-15-26-21/h1-7,9-14H,8,15,24H2/b5-4+. The van der Waals surface area contributed by atoms with Gasteiger partial charge in [-0.05, 0) is 41.8 Å². The summed E-state index contributed by atoms with van der Waals surface area (Å²) in [7, 11) is 0. The maximum Gasteiger partial charge on any atom is 0.231 e. The summed E-state index contributed by atoms with van der Waals surface area (Å²) < 4.78 is 10.7. The fourth-order valence-corrected chi connectivity index (χ4v) is 3.07. The number of nitrogen functional groups attached to an aromatic ring is 1. The maximum atomic E-state index is 12.9. The molecule has 0 spiro atoms. The molecule has 4 rings (SSSR count). The second-order valence-corrected chi connectivity index (χ2v) is 6.33. The Kier molecular flexibility index (Phi) is 4.62. The Morgan fingerprint density at radius 1 is 0.963 bits per heavy atom. The topological polar surface area (TPSA) is 61.6 Å². The molecule has 4 heteroatoms. The SMILES string of the molecule is Nc1ccc(C/C=C/c2ccc3c(c2)OCO3)c(C(=O)c2ccccc2)c1. The van der Waals surface area contributed by atoms with E-state index in [9.17, 15) is 4.79 Å². The molecule has 0 amide bonds. The first kappa shape index (κ1) is 16.9. The third-order valence-corrected chi connectivity index (χ3v) is 4.46. The molecule has 1 heterocycles.